The number of hydrogen-bond donors (Lipinski definition) is 1. The number of nitrogens with zero attached hydrogens (tertiary/aromatic N) is 1. The molecule has 0 aliphatic carbocycles. The monoisotopic (exact) mass is 196 g/mol. The summed E-state index contributed by atoms with van der Waals surface area (Å²) < 4.78 is 13.3. The van der Waals surface area contributed by atoms with Crippen LogP contribution in [-0.4, -0.2) is 10.9 Å². The lowest BCUT2D eigenvalue weighted by Crippen LogP contribution is -2.15. The summed E-state index contributed by atoms with van der Waals surface area (Å²) in [6.07, 6.45) is 0.770. The Morgan fingerprint density at radius 1 is 1.64 bits per heavy atom. The summed E-state index contributed by atoms with van der Waals surface area (Å²) in [5.74, 6) is -1.02. The smallest absolute Gasteiger partial charge is 0.267 e. The SMILES string of the molecule is CCC(C)c1nc(C(N)=O)ccc1F. The Kier molecular flexibility index (Phi) is 3.17. The maximum atomic E-state index is 13.3. The van der Waals surface area contributed by atoms with Gasteiger partial charge >= 0.3 is 0 Å². The predicted octanol–water partition coefficient (Wildman–Crippen LogP) is 1.83. The van der Waals surface area contributed by atoms with Gasteiger partial charge in [-0.15, -0.1) is 0 Å². The van der Waals surface area contributed by atoms with Crippen LogP contribution in [0.4, 0.5) is 4.39 Å². The molecule has 76 valence electrons. The molecule has 1 aromatic rings. The predicted molar refractivity (Wildman–Crippen MR) is 51.4 cm³/mol. The molecular formula is C10H13FN2O. The summed E-state index contributed by atoms with van der Waals surface area (Å²) in [7, 11) is 0. The fourth-order valence-corrected chi connectivity index (χ4v) is 1.13. The van der Waals surface area contributed by atoms with Crippen LogP contribution in [0, 0.1) is 5.82 Å². The van der Waals surface area contributed by atoms with Crippen molar-refractivity contribution < 1.29 is 9.18 Å². The molecule has 14 heavy (non-hydrogen) atoms. The van der Waals surface area contributed by atoms with Crippen LogP contribution in [0.3, 0.4) is 0 Å². The number of pyridine rings is 1. The molecule has 1 aromatic heterocycles. The van der Waals surface area contributed by atoms with Gasteiger partial charge in [-0.2, -0.15) is 0 Å². The largest absolute Gasteiger partial charge is 0.364 e. The molecule has 3 nitrogen and oxygen atoms in total. The zero-order valence-electron chi connectivity index (χ0n) is 8.25. The highest BCUT2D eigenvalue weighted by Gasteiger charge is 2.13. The highest BCUT2D eigenvalue weighted by Crippen LogP contribution is 2.19. The summed E-state index contributed by atoms with van der Waals surface area (Å²) in [5, 5.41) is 0. The number of rotatable bonds is 3. The first-order valence-corrected chi connectivity index (χ1v) is 4.52. The van der Waals surface area contributed by atoms with Crippen molar-refractivity contribution in [1.82, 2.24) is 4.98 Å². The van der Waals surface area contributed by atoms with Crippen molar-refractivity contribution in [2.24, 2.45) is 5.73 Å². The molecular weight excluding hydrogens is 183 g/mol. The maximum absolute atomic E-state index is 13.3. The summed E-state index contributed by atoms with van der Waals surface area (Å²) in [5.41, 5.74) is 5.47. The molecule has 0 aromatic carbocycles. The number of primary amides is 1. The van der Waals surface area contributed by atoms with Crippen molar-refractivity contribution in [3.05, 3.63) is 29.3 Å². The van der Waals surface area contributed by atoms with Gasteiger partial charge in [-0.3, -0.25) is 4.79 Å². The lowest BCUT2D eigenvalue weighted by atomic mass is 10.0. The van der Waals surface area contributed by atoms with E-state index >= 15 is 0 Å². The fraction of sp³-hybridized carbons (Fsp3) is 0.400. The topological polar surface area (TPSA) is 56.0 Å². The number of aromatic nitrogens is 1. The van der Waals surface area contributed by atoms with Crippen LogP contribution in [0.5, 0.6) is 0 Å². The minimum Gasteiger partial charge on any atom is -0.364 e. The zero-order chi connectivity index (χ0) is 10.7. The first-order chi connectivity index (χ1) is 6.56. The minimum absolute atomic E-state index is 0.00528. The molecule has 0 bridgehead atoms. The maximum Gasteiger partial charge on any atom is 0.267 e. The third kappa shape index (κ3) is 2.07. The molecule has 1 unspecified atom stereocenters. The molecule has 0 saturated heterocycles. The molecule has 0 aliphatic heterocycles. The van der Waals surface area contributed by atoms with Crippen LogP contribution >= 0.6 is 0 Å². The van der Waals surface area contributed by atoms with Gasteiger partial charge in [0.2, 0.25) is 0 Å². The Balaban J connectivity index is 3.14. The van der Waals surface area contributed by atoms with Crippen molar-refractivity contribution in [1.29, 1.82) is 0 Å². The second-order valence-electron chi connectivity index (χ2n) is 3.24. The average Bonchev–Trinajstić information content (AvgIpc) is 2.17. The fourth-order valence-electron chi connectivity index (χ4n) is 1.13. The van der Waals surface area contributed by atoms with Gasteiger partial charge in [0.15, 0.2) is 0 Å². The Morgan fingerprint density at radius 2 is 2.29 bits per heavy atom. The quantitative estimate of drug-likeness (QED) is 0.801. The van der Waals surface area contributed by atoms with E-state index < -0.39 is 5.91 Å². The van der Waals surface area contributed by atoms with Crippen molar-refractivity contribution in [3.63, 3.8) is 0 Å². The minimum atomic E-state index is -0.630. The van der Waals surface area contributed by atoms with Crippen LogP contribution in [0.2, 0.25) is 0 Å². The van der Waals surface area contributed by atoms with Gasteiger partial charge in [-0.05, 0) is 18.6 Å². The summed E-state index contributed by atoms with van der Waals surface area (Å²) in [6, 6.07) is 2.53. The summed E-state index contributed by atoms with van der Waals surface area (Å²) in [6.45, 7) is 3.79. The average molecular weight is 196 g/mol. The molecule has 0 saturated carbocycles. The van der Waals surface area contributed by atoms with Crippen LogP contribution < -0.4 is 5.73 Å². The van der Waals surface area contributed by atoms with Crippen molar-refractivity contribution in [2.45, 2.75) is 26.2 Å². The lowest BCUT2D eigenvalue weighted by Gasteiger charge is -2.09. The van der Waals surface area contributed by atoms with E-state index in [9.17, 15) is 9.18 Å². The number of carbonyl (C=O) groups excluding carboxylic acids is 1. The molecule has 2 N–H and O–H groups in total. The van der Waals surface area contributed by atoms with E-state index in [-0.39, 0.29) is 17.4 Å². The van der Waals surface area contributed by atoms with Crippen molar-refractivity contribution in [3.8, 4) is 0 Å². The molecule has 0 spiro atoms. The van der Waals surface area contributed by atoms with E-state index in [0.29, 0.717) is 5.69 Å². The van der Waals surface area contributed by atoms with Gasteiger partial charge in [0, 0.05) is 5.92 Å². The third-order valence-electron chi connectivity index (χ3n) is 2.20. The van der Waals surface area contributed by atoms with Gasteiger partial charge < -0.3 is 5.73 Å². The zero-order valence-corrected chi connectivity index (χ0v) is 8.25. The second-order valence-corrected chi connectivity index (χ2v) is 3.24. The molecule has 0 radical (unpaired) electrons. The van der Waals surface area contributed by atoms with Gasteiger partial charge in [-0.25, -0.2) is 9.37 Å². The van der Waals surface area contributed by atoms with E-state index in [0.717, 1.165) is 6.42 Å². The van der Waals surface area contributed by atoms with Gasteiger partial charge in [-0.1, -0.05) is 13.8 Å². The number of amides is 1. The number of carbonyl (C=O) groups is 1. The second kappa shape index (κ2) is 4.17. The lowest BCUT2D eigenvalue weighted by molar-refractivity contribution is 0.0995. The third-order valence-corrected chi connectivity index (χ3v) is 2.20. The van der Waals surface area contributed by atoms with E-state index in [1.54, 1.807) is 0 Å². The number of halogens is 1. The normalized spacial score (nSPS) is 12.5. The highest BCUT2D eigenvalue weighted by atomic mass is 19.1. The molecule has 0 aliphatic rings. The van der Waals surface area contributed by atoms with Gasteiger partial charge in [0.25, 0.3) is 5.91 Å². The van der Waals surface area contributed by atoms with Crippen LogP contribution in [0.25, 0.3) is 0 Å². The molecule has 4 heteroatoms. The van der Waals surface area contributed by atoms with Crippen molar-refractivity contribution >= 4 is 5.91 Å². The van der Waals surface area contributed by atoms with Crippen LogP contribution in [0.15, 0.2) is 12.1 Å². The van der Waals surface area contributed by atoms with E-state index in [1.807, 2.05) is 13.8 Å². The molecule has 1 amide bonds. The molecule has 1 rings (SSSR count). The molecule has 1 heterocycles. The Labute approximate surface area is 82.1 Å². The van der Waals surface area contributed by atoms with E-state index in [4.69, 9.17) is 5.73 Å². The van der Waals surface area contributed by atoms with Crippen LogP contribution in [0.1, 0.15) is 42.4 Å². The summed E-state index contributed by atoms with van der Waals surface area (Å²) in [4.78, 5) is 14.7. The highest BCUT2D eigenvalue weighted by molar-refractivity contribution is 5.90. The summed E-state index contributed by atoms with van der Waals surface area (Å²) >= 11 is 0. The number of nitrogens with two attached hydrogens (primary N) is 1. The van der Waals surface area contributed by atoms with Gasteiger partial charge in [0.05, 0.1) is 5.69 Å². The van der Waals surface area contributed by atoms with E-state index in [2.05, 4.69) is 4.98 Å². The Morgan fingerprint density at radius 3 is 2.79 bits per heavy atom. The Hall–Kier alpha value is -1.45. The van der Waals surface area contributed by atoms with Crippen LogP contribution in [-0.2, 0) is 0 Å². The standard InChI is InChI=1S/C10H13FN2O/c1-3-6(2)9-7(11)4-5-8(13-9)10(12)14/h4-6H,3H2,1-2H3,(H2,12,14). The van der Waals surface area contributed by atoms with E-state index in [1.165, 1.54) is 12.1 Å². The van der Waals surface area contributed by atoms with Gasteiger partial charge in [0.1, 0.15) is 11.5 Å². The molecule has 0 fully saturated rings. The Bertz CT molecular complexity index is 352. The molecule has 1 atom stereocenters. The first kappa shape index (κ1) is 10.6. The first-order valence-electron chi connectivity index (χ1n) is 4.52. The number of hydrogen-bond acceptors (Lipinski definition) is 2. The van der Waals surface area contributed by atoms with Crippen molar-refractivity contribution in [2.75, 3.05) is 0 Å².